The number of nitrogens with zero attached hydrogens (tertiary/aromatic N) is 2. The van der Waals surface area contributed by atoms with Crippen molar-refractivity contribution in [1.82, 2.24) is 15.1 Å². The van der Waals surface area contributed by atoms with E-state index in [4.69, 9.17) is 0 Å². The van der Waals surface area contributed by atoms with Crippen LogP contribution in [0, 0.1) is 13.8 Å². The summed E-state index contributed by atoms with van der Waals surface area (Å²) in [5.74, 6) is 0. The summed E-state index contributed by atoms with van der Waals surface area (Å²) >= 11 is 7.27. The Bertz CT molecular complexity index is 614. The molecule has 0 saturated carbocycles. The van der Waals surface area contributed by atoms with Gasteiger partial charge in [0.1, 0.15) is 0 Å². The van der Waals surface area contributed by atoms with E-state index >= 15 is 0 Å². The van der Waals surface area contributed by atoms with Gasteiger partial charge >= 0.3 is 0 Å². The second-order valence-electron chi connectivity index (χ2n) is 5.27. The Balaban J connectivity index is 2.35. The Hall–Kier alpha value is -0.650. The molecule has 0 radical (unpaired) electrons. The quantitative estimate of drug-likeness (QED) is 0.777. The molecule has 21 heavy (non-hydrogen) atoms. The molecule has 0 spiro atoms. The van der Waals surface area contributed by atoms with Gasteiger partial charge < -0.3 is 5.32 Å². The second kappa shape index (κ2) is 7.07. The van der Waals surface area contributed by atoms with Gasteiger partial charge in [0.05, 0.1) is 15.9 Å². The van der Waals surface area contributed by atoms with Crippen LogP contribution in [0.25, 0.3) is 0 Å². The van der Waals surface area contributed by atoms with Crippen molar-refractivity contribution in [2.24, 2.45) is 0 Å². The summed E-state index contributed by atoms with van der Waals surface area (Å²) in [6.45, 7) is 7.17. The van der Waals surface area contributed by atoms with Gasteiger partial charge in [-0.15, -0.1) is 0 Å². The molecule has 2 rings (SSSR count). The van der Waals surface area contributed by atoms with Gasteiger partial charge in [-0.25, -0.2) is 0 Å². The molecule has 3 nitrogen and oxygen atoms in total. The minimum absolute atomic E-state index is 0.263. The Morgan fingerprint density at radius 1 is 1.24 bits per heavy atom. The van der Waals surface area contributed by atoms with Gasteiger partial charge in [-0.05, 0) is 67.0 Å². The molecule has 0 aliphatic rings. The average Bonchev–Trinajstić information content (AvgIpc) is 2.70. The predicted octanol–water partition coefficient (Wildman–Crippen LogP) is 4.55. The molecule has 0 aliphatic carbocycles. The normalized spacial score (nSPS) is 12.7. The fourth-order valence-electron chi connectivity index (χ4n) is 2.61. The Kier molecular flexibility index (Phi) is 5.63. The molecule has 1 aromatic carbocycles. The lowest BCUT2D eigenvalue weighted by molar-refractivity contribution is 0.539. The maximum absolute atomic E-state index is 4.58. The third-order valence-corrected chi connectivity index (χ3v) is 5.15. The van der Waals surface area contributed by atoms with Crippen LogP contribution in [0.4, 0.5) is 0 Å². The maximum atomic E-state index is 4.58. The number of nitrogens with one attached hydrogen (secondary N) is 1. The standard InChI is InChI=1S/C16H21Br2N3/c1-5-21-15(16(18)11(3)20-21)9-14(19-4)12-6-10(2)7-13(17)8-12/h6-8,14,19H,5,9H2,1-4H3. The van der Waals surface area contributed by atoms with E-state index in [1.807, 2.05) is 14.0 Å². The van der Waals surface area contributed by atoms with Crippen molar-refractivity contribution in [1.29, 1.82) is 0 Å². The highest BCUT2D eigenvalue weighted by Crippen LogP contribution is 2.28. The molecule has 1 atom stereocenters. The number of aryl methyl sites for hydroxylation is 3. The van der Waals surface area contributed by atoms with Crippen molar-refractivity contribution in [2.75, 3.05) is 7.05 Å². The van der Waals surface area contributed by atoms with E-state index in [2.05, 4.69) is 79.0 Å². The zero-order chi connectivity index (χ0) is 15.6. The van der Waals surface area contributed by atoms with Crippen LogP contribution in [0.5, 0.6) is 0 Å². The summed E-state index contributed by atoms with van der Waals surface area (Å²) in [5, 5.41) is 8.00. The van der Waals surface area contributed by atoms with Crippen molar-refractivity contribution in [3.63, 3.8) is 0 Å². The van der Waals surface area contributed by atoms with Crippen LogP contribution in [0.2, 0.25) is 0 Å². The fraction of sp³-hybridized carbons (Fsp3) is 0.438. The first-order valence-electron chi connectivity index (χ1n) is 7.12. The van der Waals surface area contributed by atoms with E-state index in [1.165, 1.54) is 16.8 Å². The van der Waals surface area contributed by atoms with E-state index < -0.39 is 0 Å². The van der Waals surface area contributed by atoms with Gasteiger partial charge in [0.2, 0.25) is 0 Å². The molecule has 0 fully saturated rings. The lowest BCUT2D eigenvalue weighted by Gasteiger charge is -2.18. The van der Waals surface area contributed by atoms with Crippen LogP contribution in [-0.4, -0.2) is 16.8 Å². The van der Waals surface area contributed by atoms with Crippen LogP contribution in [0.3, 0.4) is 0 Å². The predicted molar refractivity (Wildman–Crippen MR) is 94.7 cm³/mol. The molecule has 114 valence electrons. The smallest absolute Gasteiger partial charge is 0.0738 e. The van der Waals surface area contributed by atoms with E-state index in [-0.39, 0.29) is 6.04 Å². The Morgan fingerprint density at radius 2 is 1.95 bits per heavy atom. The van der Waals surface area contributed by atoms with Crippen LogP contribution >= 0.6 is 31.9 Å². The SMILES string of the molecule is CCn1nc(C)c(Br)c1CC(NC)c1cc(C)cc(Br)c1. The highest BCUT2D eigenvalue weighted by Gasteiger charge is 2.18. The first kappa shape index (κ1) is 16.7. The third kappa shape index (κ3) is 3.76. The molecule has 1 heterocycles. The fourth-order valence-corrected chi connectivity index (χ4v) is 3.68. The number of rotatable bonds is 5. The largest absolute Gasteiger partial charge is 0.313 e. The van der Waals surface area contributed by atoms with Crippen molar-refractivity contribution >= 4 is 31.9 Å². The number of halogens is 2. The molecular weight excluding hydrogens is 394 g/mol. The summed E-state index contributed by atoms with van der Waals surface area (Å²) in [5.41, 5.74) is 4.84. The molecule has 1 unspecified atom stereocenters. The number of hydrogen-bond donors (Lipinski definition) is 1. The monoisotopic (exact) mass is 413 g/mol. The zero-order valence-electron chi connectivity index (χ0n) is 12.9. The lowest BCUT2D eigenvalue weighted by atomic mass is 10.00. The second-order valence-corrected chi connectivity index (χ2v) is 6.98. The van der Waals surface area contributed by atoms with Crippen LogP contribution < -0.4 is 5.32 Å². The third-order valence-electron chi connectivity index (χ3n) is 3.67. The number of benzene rings is 1. The molecule has 1 aromatic heterocycles. The summed E-state index contributed by atoms with van der Waals surface area (Å²) in [4.78, 5) is 0. The van der Waals surface area contributed by atoms with E-state index in [0.717, 1.165) is 27.6 Å². The minimum atomic E-state index is 0.263. The van der Waals surface area contributed by atoms with E-state index in [9.17, 15) is 0 Å². The zero-order valence-corrected chi connectivity index (χ0v) is 16.0. The summed E-state index contributed by atoms with van der Waals surface area (Å²) in [6, 6.07) is 6.81. The van der Waals surface area contributed by atoms with Crippen LogP contribution in [-0.2, 0) is 13.0 Å². The van der Waals surface area contributed by atoms with Gasteiger partial charge in [-0.1, -0.05) is 22.0 Å². The molecule has 2 aromatic rings. The summed E-state index contributed by atoms with van der Waals surface area (Å²) in [7, 11) is 2.01. The molecule has 0 bridgehead atoms. The summed E-state index contributed by atoms with van der Waals surface area (Å²) in [6.07, 6.45) is 0.904. The van der Waals surface area contributed by atoms with Gasteiger partial charge in [0, 0.05) is 23.5 Å². The minimum Gasteiger partial charge on any atom is -0.313 e. The van der Waals surface area contributed by atoms with Gasteiger partial charge in [0.25, 0.3) is 0 Å². The number of aromatic nitrogens is 2. The molecule has 0 amide bonds. The highest BCUT2D eigenvalue weighted by molar-refractivity contribution is 9.10. The van der Waals surface area contributed by atoms with Crippen LogP contribution in [0.1, 0.15) is 35.5 Å². The van der Waals surface area contributed by atoms with Crippen molar-refractivity contribution in [2.45, 2.75) is 39.8 Å². The van der Waals surface area contributed by atoms with Crippen molar-refractivity contribution < 1.29 is 0 Å². The van der Waals surface area contributed by atoms with E-state index in [1.54, 1.807) is 0 Å². The molecule has 1 N–H and O–H groups in total. The Labute approximate surface area is 143 Å². The maximum Gasteiger partial charge on any atom is 0.0738 e. The Morgan fingerprint density at radius 3 is 2.52 bits per heavy atom. The van der Waals surface area contributed by atoms with Crippen LogP contribution in [0.15, 0.2) is 27.1 Å². The number of hydrogen-bond acceptors (Lipinski definition) is 2. The van der Waals surface area contributed by atoms with Crippen molar-refractivity contribution in [3.05, 3.63) is 49.7 Å². The van der Waals surface area contributed by atoms with E-state index in [0.29, 0.717) is 0 Å². The van der Waals surface area contributed by atoms with Gasteiger partial charge in [-0.2, -0.15) is 5.10 Å². The molecule has 5 heteroatoms. The first-order valence-corrected chi connectivity index (χ1v) is 8.71. The van der Waals surface area contributed by atoms with Gasteiger partial charge in [-0.3, -0.25) is 4.68 Å². The van der Waals surface area contributed by atoms with Gasteiger partial charge in [0.15, 0.2) is 0 Å². The number of likely N-dealkylation sites (N-methyl/N-ethyl adjacent to an activating group) is 1. The lowest BCUT2D eigenvalue weighted by Crippen LogP contribution is -2.21. The average molecular weight is 415 g/mol. The highest BCUT2D eigenvalue weighted by atomic mass is 79.9. The first-order chi connectivity index (χ1) is 9.96. The molecule has 0 saturated heterocycles. The topological polar surface area (TPSA) is 29.9 Å². The molecule has 0 aliphatic heterocycles. The van der Waals surface area contributed by atoms with Crippen molar-refractivity contribution in [3.8, 4) is 0 Å². The molecular formula is C16H21Br2N3. The summed E-state index contributed by atoms with van der Waals surface area (Å²) < 4.78 is 4.32.